The molecule has 0 saturated carbocycles. The highest BCUT2D eigenvalue weighted by atomic mass is 35.7. The van der Waals surface area contributed by atoms with Crippen LogP contribution >= 0.6 is 22.3 Å². The Hall–Kier alpha value is -0.450. The summed E-state index contributed by atoms with van der Waals surface area (Å²) in [4.78, 5) is 0. The molecule has 0 saturated heterocycles. The van der Waals surface area contributed by atoms with Gasteiger partial charge < -0.3 is 0 Å². The number of nitrogens with one attached hydrogen (secondary N) is 1. The summed E-state index contributed by atoms with van der Waals surface area (Å²) in [5.41, 5.74) is 2.02. The zero-order valence-corrected chi connectivity index (χ0v) is 9.96. The summed E-state index contributed by atoms with van der Waals surface area (Å²) in [7, 11) is 1.26. The molecular weight excluding hydrogens is 245 g/mol. The van der Waals surface area contributed by atoms with Crippen LogP contribution < -0.4 is 4.72 Å². The molecule has 0 unspecified atom stereocenters. The van der Waals surface area contributed by atoms with Gasteiger partial charge in [0.15, 0.2) is 0 Å². The summed E-state index contributed by atoms with van der Waals surface area (Å²) in [5.74, 6) is 0. The van der Waals surface area contributed by atoms with Gasteiger partial charge in [-0.3, -0.25) is 4.72 Å². The predicted molar refractivity (Wildman–Crippen MR) is 59.3 cm³/mol. The summed E-state index contributed by atoms with van der Waals surface area (Å²) in [6.45, 7) is 3.63. The lowest BCUT2D eigenvalue weighted by Gasteiger charge is -2.09. The van der Waals surface area contributed by atoms with E-state index < -0.39 is 9.24 Å². The van der Waals surface area contributed by atoms with Crippen molar-refractivity contribution in [2.24, 2.45) is 0 Å². The first-order chi connectivity index (χ1) is 6.29. The van der Waals surface area contributed by atoms with Crippen molar-refractivity contribution in [2.45, 2.75) is 13.8 Å². The fourth-order valence-electron chi connectivity index (χ4n) is 1.17. The molecule has 0 heterocycles. The topological polar surface area (TPSA) is 46.2 Å². The third-order valence-electron chi connectivity index (χ3n) is 1.66. The molecule has 1 N–H and O–H groups in total. The minimum atomic E-state index is -3.80. The van der Waals surface area contributed by atoms with Gasteiger partial charge in [-0.05, 0) is 31.0 Å². The van der Waals surface area contributed by atoms with Crippen molar-refractivity contribution in [1.82, 2.24) is 0 Å². The molecule has 0 radical (unpaired) electrons. The highest BCUT2D eigenvalue weighted by Gasteiger charge is 2.11. The van der Waals surface area contributed by atoms with Gasteiger partial charge in [0.2, 0.25) is 0 Å². The Morgan fingerprint density at radius 3 is 2.29 bits per heavy atom. The summed E-state index contributed by atoms with van der Waals surface area (Å²) >= 11 is 5.86. The Balaban J connectivity index is 3.22. The highest BCUT2D eigenvalue weighted by molar-refractivity contribution is 8.14. The van der Waals surface area contributed by atoms with Crippen molar-refractivity contribution in [2.75, 3.05) is 4.72 Å². The molecule has 0 atom stereocenters. The molecule has 0 spiro atoms. The van der Waals surface area contributed by atoms with Gasteiger partial charge in [-0.15, -0.1) is 0 Å². The largest absolute Gasteiger partial charge is 0.319 e. The summed E-state index contributed by atoms with van der Waals surface area (Å²) in [6.07, 6.45) is 0. The average molecular weight is 254 g/mol. The fraction of sp³-hybridized carbons (Fsp3) is 0.250. The van der Waals surface area contributed by atoms with E-state index >= 15 is 0 Å². The van der Waals surface area contributed by atoms with Gasteiger partial charge >= 0.3 is 9.24 Å². The lowest BCUT2D eigenvalue weighted by Crippen LogP contribution is -2.06. The highest BCUT2D eigenvalue weighted by Crippen LogP contribution is 2.28. The zero-order chi connectivity index (χ0) is 10.9. The van der Waals surface area contributed by atoms with Gasteiger partial charge in [-0.25, -0.2) is 0 Å². The fourth-order valence-corrected chi connectivity index (χ4v) is 2.34. The maximum absolute atomic E-state index is 10.8. The van der Waals surface area contributed by atoms with Crippen LogP contribution in [-0.4, -0.2) is 8.42 Å². The standard InChI is InChI=1S/C8H9Cl2NO2S/c1-5-3-6(2)8(7(9)4-5)11-14(10,12)13/h3-4,11H,1-2H3. The lowest BCUT2D eigenvalue weighted by molar-refractivity contribution is 0.614. The number of benzene rings is 1. The van der Waals surface area contributed by atoms with E-state index in [1.54, 1.807) is 13.0 Å². The van der Waals surface area contributed by atoms with Gasteiger partial charge in [-0.2, -0.15) is 8.42 Å². The Bertz CT molecular complexity index is 433. The molecule has 78 valence electrons. The van der Waals surface area contributed by atoms with Crippen LogP contribution in [0.1, 0.15) is 11.1 Å². The van der Waals surface area contributed by atoms with E-state index in [0.717, 1.165) is 11.1 Å². The van der Waals surface area contributed by atoms with Crippen molar-refractivity contribution in [1.29, 1.82) is 0 Å². The first-order valence-corrected chi connectivity index (χ1v) is 6.47. The van der Waals surface area contributed by atoms with Crippen molar-refractivity contribution < 1.29 is 8.42 Å². The number of rotatable bonds is 2. The third-order valence-corrected chi connectivity index (χ3v) is 2.63. The van der Waals surface area contributed by atoms with Crippen LogP contribution in [0.5, 0.6) is 0 Å². The Morgan fingerprint density at radius 1 is 1.29 bits per heavy atom. The monoisotopic (exact) mass is 253 g/mol. The molecule has 0 aliphatic carbocycles. The second-order valence-corrected chi connectivity index (χ2v) is 5.68. The van der Waals surface area contributed by atoms with Crippen LogP contribution in [0.2, 0.25) is 5.02 Å². The number of aryl methyl sites for hydroxylation is 2. The molecular formula is C8H9Cl2NO2S. The van der Waals surface area contributed by atoms with Gasteiger partial charge in [0.05, 0.1) is 10.7 Å². The maximum Gasteiger partial charge on any atom is 0.319 e. The smallest absolute Gasteiger partial charge is 0.269 e. The first-order valence-electron chi connectivity index (χ1n) is 3.79. The normalized spacial score (nSPS) is 11.4. The second kappa shape index (κ2) is 3.96. The van der Waals surface area contributed by atoms with Crippen LogP contribution in [-0.2, 0) is 9.24 Å². The van der Waals surface area contributed by atoms with E-state index in [0.29, 0.717) is 10.7 Å². The average Bonchev–Trinajstić information content (AvgIpc) is 1.95. The number of anilines is 1. The quantitative estimate of drug-likeness (QED) is 0.825. The molecule has 1 aromatic rings. The van der Waals surface area contributed by atoms with E-state index in [2.05, 4.69) is 4.72 Å². The molecule has 6 heteroatoms. The maximum atomic E-state index is 10.8. The molecule has 1 aromatic carbocycles. The molecule has 3 nitrogen and oxygen atoms in total. The SMILES string of the molecule is Cc1cc(C)c(NS(=O)(=O)Cl)c(Cl)c1. The third kappa shape index (κ3) is 3.04. The second-order valence-electron chi connectivity index (χ2n) is 2.98. The molecule has 0 fully saturated rings. The van der Waals surface area contributed by atoms with Crippen LogP contribution in [0.4, 0.5) is 5.69 Å². The van der Waals surface area contributed by atoms with E-state index in [4.69, 9.17) is 22.3 Å². The molecule has 0 aliphatic rings. The van der Waals surface area contributed by atoms with Crippen molar-refractivity contribution in [3.63, 3.8) is 0 Å². The molecule has 0 aliphatic heterocycles. The Morgan fingerprint density at radius 2 is 1.86 bits per heavy atom. The summed E-state index contributed by atoms with van der Waals surface area (Å²) in [6, 6.07) is 3.48. The molecule has 0 bridgehead atoms. The van der Waals surface area contributed by atoms with Crippen LogP contribution in [0.15, 0.2) is 12.1 Å². The van der Waals surface area contributed by atoms with Gasteiger partial charge in [0, 0.05) is 10.7 Å². The number of halogens is 2. The summed E-state index contributed by atoms with van der Waals surface area (Å²) < 4.78 is 23.7. The predicted octanol–water partition coefficient (Wildman–Crippen LogP) is 2.85. The molecule has 0 amide bonds. The zero-order valence-electron chi connectivity index (χ0n) is 7.64. The van der Waals surface area contributed by atoms with Gasteiger partial charge in [-0.1, -0.05) is 17.7 Å². The summed E-state index contributed by atoms with van der Waals surface area (Å²) in [5, 5.41) is 0.340. The van der Waals surface area contributed by atoms with Crippen LogP contribution in [0.25, 0.3) is 0 Å². The number of hydrogen-bond donors (Lipinski definition) is 1. The van der Waals surface area contributed by atoms with Gasteiger partial charge in [0.25, 0.3) is 0 Å². The molecule has 14 heavy (non-hydrogen) atoms. The van der Waals surface area contributed by atoms with Crippen molar-refractivity contribution in [3.05, 3.63) is 28.3 Å². The Labute approximate surface area is 92.6 Å². The van der Waals surface area contributed by atoms with Crippen LogP contribution in [0, 0.1) is 13.8 Å². The lowest BCUT2D eigenvalue weighted by atomic mass is 10.1. The van der Waals surface area contributed by atoms with E-state index in [1.165, 1.54) is 0 Å². The van der Waals surface area contributed by atoms with Gasteiger partial charge in [0.1, 0.15) is 0 Å². The van der Waals surface area contributed by atoms with Crippen molar-refractivity contribution in [3.8, 4) is 0 Å². The van der Waals surface area contributed by atoms with E-state index in [9.17, 15) is 8.42 Å². The minimum Gasteiger partial charge on any atom is -0.269 e. The van der Waals surface area contributed by atoms with Crippen molar-refractivity contribution >= 4 is 37.2 Å². The van der Waals surface area contributed by atoms with Crippen LogP contribution in [0.3, 0.4) is 0 Å². The molecule has 0 aromatic heterocycles. The number of hydrogen-bond acceptors (Lipinski definition) is 2. The molecule has 1 rings (SSSR count). The van der Waals surface area contributed by atoms with E-state index in [1.807, 2.05) is 13.0 Å². The van der Waals surface area contributed by atoms with E-state index in [-0.39, 0.29) is 0 Å². The minimum absolute atomic E-state index is 0.326. The first kappa shape index (κ1) is 11.6. The Kier molecular flexibility index (Phi) is 3.29.